The maximum atomic E-state index is 12.8. The van der Waals surface area contributed by atoms with Crippen molar-refractivity contribution in [1.82, 2.24) is 0 Å². The average Bonchev–Trinajstić information content (AvgIpc) is 3.28. The molecule has 1 aliphatic rings. The van der Waals surface area contributed by atoms with Crippen LogP contribution in [0, 0.1) is 0 Å². The number of hydrogen-bond acceptors (Lipinski definition) is 10. The summed E-state index contributed by atoms with van der Waals surface area (Å²) in [6.07, 6.45) is 47.8. The molecule has 0 radical (unpaired) electrons. The molecule has 0 aromatic rings. The van der Waals surface area contributed by atoms with Crippen LogP contribution < -0.4 is 0 Å². The molecule has 0 amide bonds. The zero-order valence-corrected chi connectivity index (χ0v) is 39.6. The van der Waals surface area contributed by atoms with Crippen molar-refractivity contribution in [2.24, 2.45) is 0 Å². The van der Waals surface area contributed by atoms with Crippen LogP contribution in [0.1, 0.15) is 194 Å². The lowest BCUT2D eigenvalue weighted by atomic mass is 9.99. The molecule has 362 valence electrons. The van der Waals surface area contributed by atoms with E-state index < -0.39 is 55.4 Å². The third kappa shape index (κ3) is 34.2. The summed E-state index contributed by atoms with van der Waals surface area (Å²) in [5.41, 5.74) is 0. The predicted molar refractivity (Wildman–Crippen MR) is 256 cm³/mol. The minimum Gasteiger partial charge on any atom is -0.462 e. The van der Waals surface area contributed by atoms with Gasteiger partial charge in [0.2, 0.25) is 0 Å². The number of unbranched alkanes of at least 4 members (excludes halogenated alkanes) is 18. The molecule has 1 aliphatic heterocycles. The Hall–Kier alpha value is -2.86. The second kappa shape index (κ2) is 43.1. The van der Waals surface area contributed by atoms with E-state index in [0.29, 0.717) is 6.42 Å². The molecule has 1 rings (SSSR count). The van der Waals surface area contributed by atoms with E-state index in [2.05, 4.69) is 74.6 Å². The maximum absolute atomic E-state index is 12.8. The lowest BCUT2D eigenvalue weighted by Gasteiger charge is -2.39. The summed E-state index contributed by atoms with van der Waals surface area (Å²) in [5.74, 6) is -0.902. The number of esters is 2. The van der Waals surface area contributed by atoms with Gasteiger partial charge in [-0.25, -0.2) is 0 Å². The topological polar surface area (TPSA) is 152 Å². The van der Waals surface area contributed by atoms with Crippen molar-refractivity contribution in [3.05, 3.63) is 72.9 Å². The zero-order valence-electron chi connectivity index (χ0n) is 39.6. The molecule has 1 heterocycles. The van der Waals surface area contributed by atoms with E-state index in [1.54, 1.807) is 0 Å². The van der Waals surface area contributed by atoms with Crippen LogP contribution in [0.3, 0.4) is 0 Å². The molecule has 2 unspecified atom stereocenters. The molecular weight excluding hydrogens is 797 g/mol. The first kappa shape index (κ1) is 58.2. The van der Waals surface area contributed by atoms with Crippen LogP contribution in [-0.2, 0) is 28.5 Å². The first-order valence-electron chi connectivity index (χ1n) is 25.0. The van der Waals surface area contributed by atoms with Gasteiger partial charge in [-0.05, 0) is 51.4 Å². The summed E-state index contributed by atoms with van der Waals surface area (Å²) < 4.78 is 22.1. The van der Waals surface area contributed by atoms with Crippen LogP contribution in [0.4, 0.5) is 0 Å². The molecular formula is C53H90O10. The van der Waals surface area contributed by atoms with Crippen LogP contribution >= 0.6 is 0 Å². The predicted octanol–water partition coefficient (Wildman–Crippen LogP) is 11.6. The largest absolute Gasteiger partial charge is 0.462 e. The highest BCUT2D eigenvalue weighted by molar-refractivity contribution is 5.70. The van der Waals surface area contributed by atoms with Gasteiger partial charge in [-0.15, -0.1) is 0 Å². The Morgan fingerprint density at radius 3 is 1.38 bits per heavy atom. The number of carbonyl (C=O) groups excluding carboxylic acids is 2. The molecule has 4 N–H and O–H groups in total. The van der Waals surface area contributed by atoms with Crippen LogP contribution in [0.15, 0.2) is 72.9 Å². The minimum atomic E-state index is -1.61. The molecule has 0 bridgehead atoms. The van der Waals surface area contributed by atoms with Crippen molar-refractivity contribution in [2.45, 2.75) is 230 Å². The molecule has 0 saturated carbocycles. The minimum absolute atomic E-state index is 0.103. The standard InChI is InChI=1S/C53H90O10/c1-3-5-7-9-11-13-15-17-19-21-23-25-27-29-31-33-35-37-39-41-48(55)60-44-46(45-61-53-52(59)51(58)50(57)47(43-54)63-53)62-49(56)42-40-38-36-34-32-30-28-26-24-22-20-18-16-14-12-10-8-6-4-2/h6,8,12,14,18,20,24,26,30,32,36,38,46-47,50-54,57-59H,3-5,7,9-11,13,15-17,19,21-23,25,27-29,31,33-35,37,39-45H2,1-2H3/b8-6+,14-12+,20-18+,26-24+,32-30+,38-36+/t46-,47-,50+,51?,52?,53-/m0/s1. The van der Waals surface area contributed by atoms with E-state index >= 15 is 0 Å². The number of carbonyl (C=O) groups is 2. The normalized spacial score (nSPS) is 20.1. The quantitative estimate of drug-likeness (QED) is 0.0265. The molecule has 0 aromatic heterocycles. The van der Waals surface area contributed by atoms with E-state index in [1.807, 2.05) is 12.2 Å². The fourth-order valence-electron chi connectivity index (χ4n) is 7.21. The summed E-state index contributed by atoms with van der Waals surface area (Å²) in [6.45, 7) is 3.25. The molecule has 0 spiro atoms. The Morgan fingerprint density at radius 2 is 0.937 bits per heavy atom. The highest BCUT2D eigenvalue weighted by Crippen LogP contribution is 2.23. The van der Waals surface area contributed by atoms with Crippen molar-refractivity contribution in [3.63, 3.8) is 0 Å². The summed E-state index contributed by atoms with van der Waals surface area (Å²) in [5, 5.41) is 40.2. The second-order valence-corrected chi connectivity index (χ2v) is 16.9. The third-order valence-electron chi connectivity index (χ3n) is 11.1. The summed E-state index contributed by atoms with van der Waals surface area (Å²) in [4.78, 5) is 25.4. The number of ether oxygens (including phenoxy) is 4. The fraction of sp³-hybridized carbons (Fsp3) is 0.736. The van der Waals surface area contributed by atoms with Crippen molar-refractivity contribution in [2.75, 3.05) is 19.8 Å². The molecule has 10 nitrogen and oxygen atoms in total. The van der Waals surface area contributed by atoms with Gasteiger partial charge in [-0.2, -0.15) is 0 Å². The Bertz CT molecular complexity index is 1250. The van der Waals surface area contributed by atoms with Gasteiger partial charge in [0.25, 0.3) is 0 Å². The van der Waals surface area contributed by atoms with Gasteiger partial charge in [0.1, 0.15) is 31.0 Å². The van der Waals surface area contributed by atoms with Gasteiger partial charge in [-0.1, -0.05) is 202 Å². The number of rotatable bonds is 41. The number of aliphatic hydroxyl groups is 4. The van der Waals surface area contributed by atoms with Crippen LogP contribution in [0.2, 0.25) is 0 Å². The summed E-state index contributed by atoms with van der Waals surface area (Å²) in [7, 11) is 0. The lowest BCUT2D eigenvalue weighted by molar-refractivity contribution is -0.305. The molecule has 10 heteroatoms. The molecule has 63 heavy (non-hydrogen) atoms. The zero-order chi connectivity index (χ0) is 45.9. The average molecular weight is 887 g/mol. The summed E-state index contributed by atoms with van der Waals surface area (Å²) >= 11 is 0. The van der Waals surface area contributed by atoms with Crippen LogP contribution in [0.5, 0.6) is 0 Å². The molecule has 0 aliphatic carbocycles. The van der Waals surface area contributed by atoms with Crippen molar-refractivity contribution in [3.8, 4) is 0 Å². The van der Waals surface area contributed by atoms with E-state index in [-0.39, 0.29) is 26.1 Å². The van der Waals surface area contributed by atoms with E-state index in [1.165, 1.54) is 103 Å². The summed E-state index contributed by atoms with van der Waals surface area (Å²) in [6, 6.07) is 0. The fourth-order valence-corrected chi connectivity index (χ4v) is 7.21. The first-order valence-corrected chi connectivity index (χ1v) is 25.0. The molecule has 6 atom stereocenters. The monoisotopic (exact) mass is 887 g/mol. The SMILES string of the molecule is CC/C=C/C/C=C/C/C=C/C/C=C/C/C=C/C/C=C/CCC(=O)O[C@@H](COC(=O)CCCCCCCCCCCCCCCCCCCCC)CO[C@H]1O[C@@H](CO)[C@@H](O)C(O)C1O. The highest BCUT2D eigenvalue weighted by Gasteiger charge is 2.44. The maximum Gasteiger partial charge on any atom is 0.306 e. The Kier molecular flexibility index (Phi) is 39.7. The molecule has 1 saturated heterocycles. The van der Waals surface area contributed by atoms with Gasteiger partial charge >= 0.3 is 11.9 Å². The van der Waals surface area contributed by atoms with Crippen molar-refractivity contribution in [1.29, 1.82) is 0 Å². The van der Waals surface area contributed by atoms with Gasteiger partial charge in [0.05, 0.1) is 13.2 Å². The molecule has 0 aromatic carbocycles. The Morgan fingerprint density at radius 1 is 0.508 bits per heavy atom. The van der Waals surface area contributed by atoms with Gasteiger partial charge in [0.15, 0.2) is 12.4 Å². The van der Waals surface area contributed by atoms with Crippen LogP contribution in [0.25, 0.3) is 0 Å². The third-order valence-corrected chi connectivity index (χ3v) is 11.1. The number of hydrogen-bond donors (Lipinski definition) is 4. The van der Waals surface area contributed by atoms with E-state index in [0.717, 1.165) is 57.8 Å². The van der Waals surface area contributed by atoms with Gasteiger partial charge < -0.3 is 39.4 Å². The van der Waals surface area contributed by atoms with Crippen LogP contribution in [-0.4, -0.2) is 89.0 Å². The Labute approximate surface area is 383 Å². The van der Waals surface area contributed by atoms with E-state index in [9.17, 15) is 30.0 Å². The first-order chi connectivity index (χ1) is 30.8. The Balaban J connectivity index is 2.33. The highest BCUT2D eigenvalue weighted by atomic mass is 16.7. The van der Waals surface area contributed by atoms with Crippen molar-refractivity contribution >= 4 is 11.9 Å². The molecule has 1 fully saturated rings. The van der Waals surface area contributed by atoms with Crippen molar-refractivity contribution < 1.29 is 49.0 Å². The lowest BCUT2D eigenvalue weighted by Crippen LogP contribution is -2.59. The van der Waals surface area contributed by atoms with E-state index in [4.69, 9.17) is 18.9 Å². The van der Waals surface area contributed by atoms with Gasteiger partial charge in [0, 0.05) is 12.8 Å². The number of aliphatic hydroxyl groups excluding tert-OH is 4. The smallest absolute Gasteiger partial charge is 0.306 e. The van der Waals surface area contributed by atoms with Gasteiger partial charge in [-0.3, -0.25) is 9.59 Å². The second-order valence-electron chi connectivity index (χ2n) is 16.9. The number of allylic oxidation sites excluding steroid dienone is 12.